The molecule has 1 aromatic heterocycles. The summed E-state index contributed by atoms with van der Waals surface area (Å²) in [6.45, 7) is 0.240. The average molecular weight is 348 g/mol. The van der Waals surface area contributed by atoms with Gasteiger partial charge in [0.05, 0.1) is 5.56 Å². The van der Waals surface area contributed by atoms with Crippen molar-refractivity contribution in [3.8, 4) is 6.07 Å². The molecule has 2 N–H and O–H groups in total. The molecule has 0 radical (unpaired) electrons. The number of nitrogens with zero attached hydrogens (tertiary/aromatic N) is 3. The molecule has 1 heterocycles. The van der Waals surface area contributed by atoms with Crippen LogP contribution >= 0.6 is 0 Å². The van der Waals surface area contributed by atoms with Gasteiger partial charge in [-0.15, -0.1) is 0 Å². The SMILES string of the molecule is N#Cc1ccc(C(F)(F)F)nc1N(CCC(N)=O)Cc1ccccc1. The molecule has 0 aliphatic heterocycles. The summed E-state index contributed by atoms with van der Waals surface area (Å²) in [7, 11) is 0. The Balaban J connectivity index is 2.44. The smallest absolute Gasteiger partial charge is 0.370 e. The van der Waals surface area contributed by atoms with Gasteiger partial charge in [-0.05, 0) is 17.7 Å². The molecule has 25 heavy (non-hydrogen) atoms. The molecular weight excluding hydrogens is 333 g/mol. The third kappa shape index (κ3) is 4.94. The monoisotopic (exact) mass is 348 g/mol. The lowest BCUT2D eigenvalue weighted by Gasteiger charge is -2.25. The van der Waals surface area contributed by atoms with Crippen molar-refractivity contribution in [2.24, 2.45) is 5.73 Å². The first kappa shape index (κ1) is 18.3. The number of halogens is 3. The molecule has 0 atom stereocenters. The number of aromatic nitrogens is 1. The maximum absolute atomic E-state index is 13.0. The summed E-state index contributed by atoms with van der Waals surface area (Å²) in [6, 6.07) is 12.6. The van der Waals surface area contributed by atoms with E-state index in [1.807, 2.05) is 6.07 Å². The van der Waals surface area contributed by atoms with Gasteiger partial charge in [-0.2, -0.15) is 18.4 Å². The minimum absolute atomic E-state index is 0.00611. The number of hydrogen-bond acceptors (Lipinski definition) is 4. The molecule has 0 saturated heterocycles. The van der Waals surface area contributed by atoms with Crippen LogP contribution in [-0.2, 0) is 17.5 Å². The number of anilines is 1. The molecular formula is C17H15F3N4O. The Labute approximate surface area is 142 Å². The third-order valence-corrected chi connectivity index (χ3v) is 3.43. The number of hydrogen-bond donors (Lipinski definition) is 1. The number of benzene rings is 1. The number of carbonyl (C=O) groups is 1. The van der Waals surface area contributed by atoms with E-state index in [0.717, 1.165) is 17.7 Å². The Morgan fingerprint density at radius 3 is 2.44 bits per heavy atom. The molecule has 0 spiro atoms. The van der Waals surface area contributed by atoms with Gasteiger partial charge < -0.3 is 10.6 Å². The highest BCUT2D eigenvalue weighted by atomic mass is 19.4. The van der Waals surface area contributed by atoms with Crippen LogP contribution in [0.15, 0.2) is 42.5 Å². The summed E-state index contributed by atoms with van der Waals surface area (Å²) in [5, 5.41) is 9.21. The second-order valence-electron chi connectivity index (χ2n) is 5.30. The van der Waals surface area contributed by atoms with Crippen molar-refractivity contribution in [1.82, 2.24) is 4.98 Å². The Kier molecular flexibility index (Phi) is 5.60. The van der Waals surface area contributed by atoms with Gasteiger partial charge in [0.1, 0.15) is 17.6 Å². The van der Waals surface area contributed by atoms with Crippen LogP contribution in [0, 0.1) is 11.3 Å². The highest BCUT2D eigenvalue weighted by molar-refractivity contribution is 5.74. The summed E-state index contributed by atoms with van der Waals surface area (Å²) < 4.78 is 38.9. The van der Waals surface area contributed by atoms with Gasteiger partial charge in [-0.25, -0.2) is 4.98 Å². The van der Waals surface area contributed by atoms with E-state index in [4.69, 9.17) is 5.73 Å². The molecule has 0 unspecified atom stereocenters. The fraction of sp³-hybridized carbons (Fsp3) is 0.235. The molecule has 0 fully saturated rings. The van der Waals surface area contributed by atoms with E-state index < -0.39 is 17.8 Å². The van der Waals surface area contributed by atoms with Crippen molar-refractivity contribution in [3.63, 3.8) is 0 Å². The second-order valence-corrected chi connectivity index (χ2v) is 5.30. The molecule has 2 rings (SSSR count). The first-order valence-electron chi connectivity index (χ1n) is 7.37. The van der Waals surface area contributed by atoms with Crippen LogP contribution in [0.2, 0.25) is 0 Å². The molecule has 130 valence electrons. The van der Waals surface area contributed by atoms with Gasteiger partial charge in [0.2, 0.25) is 5.91 Å². The lowest BCUT2D eigenvalue weighted by Crippen LogP contribution is -2.29. The average Bonchev–Trinajstić information content (AvgIpc) is 2.58. The van der Waals surface area contributed by atoms with Crippen LogP contribution in [0.5, 0.6) is 0 Å². The predicted octanol–water partition coefficient (Wildman–Crippen LogP) is 2.85. The fourth-order valence-electron chi connectivity index (χ4n) is 2.24. The van der Waals surface area contributed by atoms with E-state index in [1.54, 1.807) is 30.3 Å². The quantitative estimate of drug-likeness (QED) is 0.870. The van der Waals surface area contributed by atoms with Crippen molar-refractivity contribution in [3.05, 3.63) is 59.3 Å². The third-order valence-electron chi connectivity index (χ3n) is 3.43. The van der Waals surface area contributed by atoms with Crippen molar-refractivity contribution >= 4 is 11.7 Å². The summed E-state index contributed by atoms with van der Waals surface area (Å²) in [6.07, 6.45) is -4.71. The van der Waals surface area contributed by atoms with Crippen molar-refractivity contribution in [2.45, 2.75) is 19.1 Å². The number of amides is 1. The summed E-state index contributed by atoms with van der Waals surface area (Å²) in [5.41, 5.74) is 4.85. The second kappa shape index (κ2) is 7.66. The first-order valence-corrected chi connectivity index (χ1v) is 7.37. The largest absolute Gasteiger partial charge is 0.433 e. The van der Waals surface area contributed by atoms with Crippen LogP contribution < -0.4 is 10.6 Å². The van der Waals surface area contributed by atoms with E-state index in [1.165, 1.54) is 4.90 Å². The molecule has 5 nitrogen and oxygen atoms in total. The Morgan fingerprint density at radius 1 is 1.20 bits per heavy atom. The molecule has 1 aromatic carbocycles. The Morgan fingerprint density at radius 2 is 1.88 bits per heavy atom. The standard InChI is InChI=1S/C17H15F3N4O/c18-17(19,20)14-7-6-13(10-21)16(23-14)24(9-8-15(22)25)11-12-4-2-1-3-5-12/h1-7H,8-9,11H2,(H2,22,25). The summed E-state index contributed by atoms with van der Waals surface area (Å²) in [5.74, 6) is -0.717. The van der Waals surface area contributed by atoms with Gasteiger partial charge in [-0.1, -0.05) is 30.3 Å². The van der Waals surface area contributed by atoms with Crippen LogP contribution in [0.1, 0.15) is 23.2 Å². The van der Waals surface area contributed by atoms with E-state index in [2.05, 4.69) is 4.98 Å². The molecule has 0 aliphatic carbocycles. The van der Waals surface area contributed by atoms with Gasteiger partial charge in [-0.3, -0.25) is 4.79 Å². The number of pyridine rings is 1. The zero-order valence-electron chi connectivity index (χ0n) is 13.1. The number of alkyl halides is 3. The number of rotatable bonds is 6. The Bertz CT molecular complexity index is 785. The van der Waals surface area contributed by atoms with Crippen LogP contribution in [0.4, 0.5) is 19.0 Å². The zero-order valence-corrected chi connectivity index (χ0v) is 13.1. The van der Waals surface area contributed by atoms with Crippen molar-refractivity contribution in [2.75, 3.05) is 11.4 Å². The van der Waals surface area contributed by atoms with Gasteiger partial charge in [0.15, 0.2) is 0 Å². The van der Waals surface area contributed by atoms with E-state index in [9.17, 15) is 23.2 Å². The van der Waals surface area contributed by atoms with Gasteiger partial charge in [0.25, 0.3) is 0 Å². The number of nitriles is 1. The summed E-state index contributed by atoms with van der Waals surface area (Å²) in [4.78, 5) is 16.2. The number of nitrogens with two attached hydrogens (primary N) is 1. The van der Waals surface area contributed by atoms with Gasteiger partial charge >= 0.3 is 6.18 Å². The fourth-order valence-corrected chi connectivity index (χ4v) is 2.24. The minimum Gasteiger partial charge on any atom is -0.370 e. The maximum Gasteiger partial charge on any atom is 0.433 e. The van der Waals surface area contributed by atoms with E-state index >= 15 is 0 Å². The van der Waals surface area contributed by atoms with Crippen LogP contribution in [0.3, 0.4) is 0 Å². The van der Waals surface area contributed by atoms with Crippen molar-refractivity contribution < 1.29 is 18.0 Å². The highest BCUT2D eigenvalue weighted by Gasteiger charge is 2.33. The number of carbonyl (C=O) groups excluding carboxylic acids is 1. The molecule has 2 aromatic rings. The van der Waals surface area contributed by atoms with Crippen LogP contribution in [-0.4, -0.2) is 17.4 Å². The maximum atomic E-state index is 13.0. The van der Waals surface area contributed by atoms with Crippen LogP contribution in [0.25, 0.3) is 0 Å². The van der Waals surface area contributed by atoms with E-state index in [-0.39, 0.29) is 30.9 Å². The topological polar surface area (TPSA) is 83.0 Å². The molecule has 1 amide bonds. The normalized spacial score (nSPS) is 11.0. The number of primary amides is 1. The lowest BCUT2D eigenvalue weighted by atomic mass is 10.1. The first-order chi connectivity index (χ1) is 11.8. The van der Waals surface area contributed by atoms with E-state index in [0.29, 0.717) is 0 Å². The predicted molar refractivity (Wildman–Crippen MR) is 85.3 cm³/mol. The Hall–Kier alpha value is -3.08. The van der Waals surface area contributed by atoms with Crippen molar-refractivity contribution in [1.29, 1.82) is 5.26 Å². The summed E-state index contributed by atoms with van der Waals surface area (Å²) >= 11 is 0. The lowest BCUT2D eigenvalue weighted by molar-refractivity contribution is -0.141. The minimum atomic E-state index is -4.63. The van der Waals surface area contributed by atoms with Gasteiger partial charge in [0, 0.05) is 19.5 Å². The molecule has 0 aliphatic rings. The highest BCUT2D eigenvalue weighted by Crippen LogP contribution is 2.31. The zero-order chi connectivity index (χ0) is 18.4. The molecule has 0 saturated carbocycles. The molecule has 8 heteroatoms. The molecule has 0 bridgehead atoms.